The third-order valence-electron chi connectivity index (χ3n) is 7.03. The largest absolute Gasteiger partial charge is 0.493 e. The van der Waals surface area contributed by atoms with Crippen molar-refractivity contribution in [2.75, 3.05) is 46.1 Å². The summed E-state index contributed by atoms with van der Waals surface area (Å²) in [6.07, 6.45) is 0.0694. The molecule has 2 aliphatic heterocycles. The number of carbonyl (C=O) groups is 1. The predicted molar refractivity (Wildman–Crippen MR) is 143 cm³/mol. The molecule has 1 atom stereocenters. The molecule has 2 aliphatic rings. The van der Waals surface area contributed by atoms with Crippen LogP contribution in [0.3, 0.4) is 0 Å². The van der Waals surface area contributed by atoms with E-state index in [-0.39, 0.29) is 12.3 Å². The molecule has 0 amide bonds. The Hall–Kier alpha value is -3.62. The minimum absolute atomic E-state index is 0.0694. The maximum absolute atomic E-state index is 11.1. The number of benzene rings is 2. The summed E-state index contributed by atoms with van der Waals surface area (Å²) in [5.74, 6) is 1.22. The highest BCUT2D eigenvalue weighted by atomic mass is 16.5. The van der Waals surface area contributed by atoms with E-state index < -0.39 is 5.97 Å². The summed E-state index contributed by atoms with van der Waals surface area (Å²) < 4.78 is 23.2. The number of fused-ring (bicyclic) bond motifs is 1. The minimum atomic E-state index is -0.818. The zero-order valence-electron chi connectivity index (χ0n) is 21.9. The molecule has 0 aliphatic carbocycles. The Morgan fingerprint density at radius 2 is 1.87 bits per heavy atom. The van der Waals surface area contributed by atoms with Gasteiger partial charge in [-0.2, -0.15) is 0 Å². The fourth-order valence-corrected chi connectivity index (χ4v) is 5.11. The monoisotopic (exact) mass is 518 g/mol. The van der Waals surface area contributed by atoms with Crippen LogP contribution >= 0.6 is 0 Å². The molecule has 5 rings (SSSR count). The van der Waals surface area contributed by atoms with Gasteiger partial charge in [0.05, 0.1) is 31.9 Å². The van der Waals surface area contributed by atoms with Crippen molar-refractivity contribution in [2.45, 2.75) is 32.8 Å². The van der Waals surface area contributed by atoms with E-state index in [1.165, 1.54) is 0 Å². The highest BCUT2D eigenvalue weighted by Gasteiger charge is 2.26. The van der Waals surface area contributed by atoms with Gasteiger partial charge in [-0.3, -0.25) is 9.69 Å². The first-order chi connectivity index (χ1) is 18.5. The lowest BCUT2D eigenvalue weighted by atomic mass is 9.97. The average molecular weight is 519 g/mol. The van der Waals surface area contributed by atoms with Crippen LogP contribution in [0.5, 0.6) is 17.4 Å². The zero-order valence-corrected chi connectivity index (χ0v) is 21.9. The number of aryl methyl sites for hydroxylation is 2. The lowest BCUT2D eigenvalue weighted by molar-refractivity contribution is -0.137. The third-order valence-corrected chi connectivity index (χ3v) is 7.03. The molecular formula is C30H34N2O6. The van der Waals surface area contributed by atoms with Gasteiger partial charge in [0, 0.05) is 42.7 Å². The summed E-state index contributed by atoms with van der Waals surface area (Å²) in [4.78, 5) is 18.2. The van der Waals surface area contributed by atoms with Crippen LogP contribution in [0.2, 0.25) is 0 Å². The summed E-state index contributed by atoms with van der Waals surface area (Å²) >= 11 is 0. The van der Waals surface area contributed by atoms with Gasteiger partial charge in [-0.05, 0) is 54.8 Å². The molecule has 38 heavy (non-hydrogen) atoms. The molecule has 8 nitrogen and oxygen atoms in total. The van der Waals surface area contributed by atoms with E-state index in [2.05, 4.69) is 30.9 Å². The van der Waals surface area contributed by atoms with Crippen LogP contribution < -0.4 is 14.2 Å². The molecule has 2 aromatic carbocycles. The Morgan fingerprint density at radius 3 is 2.63 bits per heavy atom. The number of aromatic nitrogens is 1. The Balaban J connectivity index is 1.22. The van der Waals surface area contributed by atoms with E-state index >= 15 is 0 Å². The SMILES string of the molecule is Cc1cc(OCCN2CCOCC2)cc(C)c1-c1cccc(OCc2ccc3c(c2)OCC3CC(=O)O)n1. The number of carboxylic acid groups (broad SMARTS) is 1. The fourth-order valence-electron chi connectivity index (χ4n) is 5.11. The number of pyridine rings is 1. The van der Waals surface area contributed by atoms with Crippen LogP contribution in [0.4, 0.5) is 0 Å². The van der Waals surface area contributed by atoms with Crippen molar-refractivity contribution in [1.82, 2.24) is 9.88 Å². The molecule has 1 fully saturated rings. The molecule has 0 saturated carbocycles. The van der Waals surface area contributed by atoms with Crippen LogP contribution in [0.15, 0.2) is 48.5 Å². The van der Waals surface area contributed by atoms with Gasteiger partial charge in [0.1, 0.15) is 24.7 Å². The van der Waals surface area contributed by atoms with E-state index in [0.29, 0.717) is 25.7 Å². The predicted octanol–water partition coefficient (Wildman–Crippen LogP) is 4.61. The van der Waals surface area contributed by atoms with Gasteiger partial charge in [0.2, 0.25) is 5.88 Å². The molecule has 1 aromatic heterocycles. The highest BCUT2D eigenvalue weighted by Crippen LogP contribution is 2.37. The van der Waals surface area contributed by atoms with Crippen molar-refractivity contribution in [3.63, 3.8) is 0 Å². The van der Waals surface area contributed by atoms with Crippen molar-refractivity contribution in [3.05, 3.63) is 70.8 Å². The third kappa shape index (κ3) is 6.26. The second kappa shape index (κ2) is 11.8. The van der Waals surface area contributed by atoms with E-state index in [1.807, 2.05) is 36.4 Å². The van der Waals surface area contributed by atoms with E-state index in [4.69, 9.17) is 29.0 Å². The van der Waals surface area contributed by atoms with Gasteiger partial charge in [-0.15, -0.1) is 0 Å². The molecule has 8 heteroatoms. The summed E-state index contributed by atoms with van der Waals surface area (Å²) in [5.41, 5.74) is 6.01. The maximum atomic E-state index is 11.1. The van der Waals surface area contributed by atoms with Gasteiger partial charge in [-0.25, -0.2) is 4.98 Å². The van der Waals surface area contributed by atoms with Gasteiger partial charge in [0.25, 0.3) is 0 Å². The first-order valence-electron chi connectivity index (χ1n) is 13.1. The Morgan fingerprint density at radius 1 is 1.08 bits per heavy atom. The highest BCUT2D eigenvalue weighted by molar-refractivity contribution is 5.69. The summed E-state index contributed by atoms with van der Waals surface area (Å²) in [6.45, 7) is 9.92. The van der Waals surface area contributed by atoms with Crippen molar-refractivity contribution >= 4 is 5.97 Å². The lowest BCUT2D eigenvalue weighted by Gasteiger charge is -2.26. The van der Waals surface area contributed by atoms with Crippen LogP contribution in [-0.2, 0) is 16.1 Å². The quantitative estimate of drug-likeness (QED) is 0.416. The van der Waals surface area contributed by atoms with E-state index in [1.54, 1.807) is 0 Å². The molecular weight excluding hydrogens is 484 g/mol. The van der Waals surface area contributed by atoms with Crippen LogP contribution in [0.25, 0.3) is 11.3 Å². The number of hydrogen-bond donors (Lipinski definition) is 1. The average Bonchev–Trinajstić information content (AvgIpc) is 3.29. The summed E-state index contributed by atoms with van der Waals surface area (Å²) in [6, 6.07) is 15.8. The number of carboxylic acids is 1. The Labute approximate surface area is 223 Å². The van der Waals surface area contributed by atoms with Crippen molar-refractivity contribution in [3.8, 4) is 28.6 Å². The molecule has 1 unspecified atom stereocenters. The number of ether oxygens (including phenoxy) is 4. The fraction of sp³-hybridized carbons (Fsp3) is 0.400. The maximum Gasteiger partial charge on any atom is 0.304 e. The standard InChI is InChI=1S/C30H34N2O6/c1-20-14-24(36-13-10-32-8-11-35-12-9-32)15-21(2)30(20)26-4-3-5-28(31-26)38-18-22-6-7-25-23(17-29(33)34)19-37-27(25)16-22/h3-7,14-16,23H,8-13,17-19H2,1-2H3,(H,33,34). The summed E-state index contributed by atoms with van der Waals surface area (Å²) in [7, 11) is 0. The topological polar surface area (TPSA) is 90.4 Å². The zero-order chi connectivity index (χ0) is 26.5. The van der Waals surface area contributed by atoms with E-state index in [9.17, 15) is 4.79 Å². The number of rotatable bonds is 10. The smallest absolute Gasteiger partial charge is 0.304 e. The molecule has 0 bridgehead atoms. The first kappa shape index (κ1) is 26.0. The lowest BCUT2D eigenvalue weighted by Crippen LogP contribution is -2.38. The Kier molecular flexibility index (Phi) is 8.10. The van der Waals surface area contributed by atoms with Crippen LogP contribution in [0, 0.1) is 13.8 Å². The first-order valence-corrected chi connectivity index (χ1v) is 13.1. The molecule has 0 radical (unpaired) electrons. The van der Waals surface area contributed by atoms with Crippen molar-refractivity contribution in [2.24, 2.45) is 0 Å². The molecule has 0 spiro atoms. The van der Waals surface area contributed by atoms with Gasteiger partial charge in [0.15, 0.2) is 0 Å². The van der Waals surface area contributed by atoms with Gasteiger partial charge < -0.3 is 24.1 Å². The molecule has 3 aromatic rings. The van der Waals surface area contributed by atoms with E-state index in [0.717, 1.165) is 77.9 Å². The van der Waals surface area contributed by atoms with Crippen LogP contribution in [0.1, 0.15) is 34.6 Å². The molecule has 3 heterocycles. The Bertz CT molecular complexity index is 1260. The van der Waals surface area contributed by atoms with Crippen molar-refractivity contribution < 1.29 is 28.8 Å². The number of morpholine rings is 1. The summed E-state index contributed by atoms with van der Waals surface area (Å²) in [5, 5.41) is 9.10. The minimum Gasteiger partial charge on any atom is -0.493 e. The number of hydrogen-bond acceptors (Lipinski definition) is 7. The normalized spacial score (nSPS) is 17.1. The molecule has 200 valence electrons. The van der Waals surface area contributed by atoms with Gasteiger partial charge in [-0.1, -0.05) is 18.2 Å². The van der Waals surface area contributed by atoms with Crippen LogP contribution in [-0.4, -0.2) is 67.0 Å². The van der Waals surface area contributed by atoms with Gasteiger partial charge >= 0.3 is 5.97 Å². The van der Waals surface area contributed by atoms with Crippen molar-refractivity contribution in [1.29, 1.82) is 0 Å². The number of nitrogens with zero attached hydrogens (tertiary/aromatic N) is 2. The number of aliphatic carboxylic acids is 1. The molecule has 1 saturated heterocycles. The molecule has 1 N–H and O–H groups in total. The second-order valence-corrected chi connectivity index (χ2v) is 9.86. The second-order valence-electron chi connectivity index (χ2n) is 9.86.